The molecule has 0 amide bonds. The highest BCUT2D eigenvalue weighted by Gasteiger charge is 2.08. The van der Waals surface area contributed by atoms with E-state index < -0.39 is 0 Å². The molecule has 2 aromatic rings. The third kappa shape index (κ3) is 2.81. The lowest BCUT2D eigenvalue weighted by Crippen LogP contribution is -1.92. The maximum atomic E-state index is 8.75. The predicted molar refractivity (Wildman–Crippen MR) is 73.7 cm³/mol. The lowest BCUT2D eigenvalue weighted by molar-refractivity contribution is 1.15. The molecule has 1 aromatic heterocycles. The van der Waals surface area contributed by atoms with Crippen LogP contribution in [0, 0.1) is 18.3 Å². The molecule has 0 aliphatic heterocycles. The van der Waals surface area contributed by atoms with E-state index in [1.54, 1.807) is 18.2 Å². The molecule has 0 N–H and O–H groups in total. The van der Waals surface area contributed by atoms with E-state index in [4.69, 9.17) is 28.5 Å². The minimum Gasteiger partial charge on any atom is -0.253 e. The van der Waals surface area contributed by atoms with Gasteiger partial charge in [0.05, 0.1) is 23.2 Å². The molecule has 0 saturated heterocycles. The minimum absolute atomic E-state index is 0.356. The molecule has 0 aliphatic carbocycles. The van der Waals surface area contributed by atoms with Gasteiger partial charge in [0.25, 0.3) is 0 Å². The second-order valence-corrected chi connectivity index (χ2v) is 4.80. The topological polar surface area (TPSA) is 36.7 Å². The second kappa shape index (κ2) is 5.39. The molecular weight excluding hydrogens is 267 g/mol. The summed E-state index contributed by atoms with van der Waals surface area (Å²) in [7, 11) is 0. The minimum atomic E-state index is 0.356. The average molecular weight is 277 g/mol. The van der Waals surface area contributed by atoms with Crippen LogP contribution in [0.3, 0.4) is 0 Å². The summed E-state index contributed by atoms with van der Waals surface area (Å²) < 4.78 is 0. The summed E-state index contributed by atoms with van der Waals surface area (Å²) in [5.41, 5.74) is 3.31. The van der Waals surface area contributed by atoms with E-state index in [2.05, 4.69) is 11.1 Å². The summed E-state index contributed by atoms with van der Waals surface area (Å²) >= 11 is 12.1. The highest BCUT2D eigenvalue weighted by atomic mass is 35.5. The second-order valence-electron chi connectivity index (χ2n) is 3.96. The fourth-order valence-electron chi connectivity index (χ4n) is 1.77. The lowest BCUT2D eigenvalue weighted by Gasteiger charge is -2.07. The molecule has 2 nitrogen and oxygen atoms in total. The summed E-state index contributed by atoms with van der Waals surface area (Å²) in [5.74, 6) is 0. The molecule has 0 unspecified atom stereocenters. The number of pyridine rings is 1. The maximum absolute atomic E-state index is 8.75. The van der Waals surface area contributed by atoms with Crippen molar-refractivity contribution >= 4 is 23.2 Å². The summed E-state index contributed by atoms with van der Waals surface area (Å²) in [4.78, 5) is 4.44. The number of rotatable bonds is 2. The van der Waals surface area contributed by atoms with E-state index in [1.165, 1.54) is 0 Å². The van der Waals surface area contributed by atoms with E-state index in [9.17, 15) is 0 Å². The third-order valence-corrected chi connectivity index (χ3v) is 3.07. The number of nitriles is 1. The number of aryl methyl sites for hydroxylation is 1. The normalized spacial score (nSPS) is 10.1. The SMILES string of the molecule is Cc1cc(CC#N)cc(-c2cc(Cl)ccc2Cl)n1. The number of hydrogen-bond donors (Lipinski definition) is 0. The van der Waals surface area contributed by atoms with E-state index >= 15 is 0 Å². The van der Waals surface area contributed by atoms with Crippen LogP contribution in [0.4, 0.5) is 0 Å². The van der Waals surface area contributed by atoms with Crippen molar-refractivity contribution in [3.8, 4) is 17.3 Å². The van der Waals surface area contributed by atoms with Crippen LogP contribution < -0.4 is 0 Å². The van der Waals surface area contributed by atoms with Gasteiger partial charge in [-0.3, -0.25) is 4.98 Å². The number of nitrogens with zero attached hydrogens (tertiary/aromatic N) is 2. The van der Waals surface area contributed by atoms with Gasteiger partial charge in [0.1, 0.15) is 0 Å². The molecule has 0 fully saturated rings. The third-order valence-electron chi connectivity index (χ3n) is 2.50. The molecule has 0 radical (unpaired) electrons. The van der Waals surface area contributed by atoms with Crippen LogP contribution in [0.15, 0.2) is 30.3 Å². The first-order valence-electron chi connectivity index (χ1n) is 5.40. The summed E-state index contributed by atoms with van der Waals surface area (Å²) in [6.45, 7) is 1.89. The lowest BCUT2D eigenvalue weighted by atomic mass is 10.1. The van der Waals surface area contributed by atoms with E-state index in [1.807, 2.05) is 19.1 Å². The van der Waals surface area contributed by atoms with Gasteiger partial charge in [0, 0.05) is 16.3 Å². The molecule has 90 valence electrons. The number of aromatic nitrogens is 1. The van der Waals surface area contributed by atoms with Gasteiger partial charge in [-0.15, -0.1) is 0 Å². The zero-order valence-corrected chi connectivity index (χ0v) is 11.3. The summed E-state index contributed by atoms with van der Waals surface area (Å²) in [6, 6.07) is 11.2. The fraction of sp³-hybridized carbons (Fsp3) is 0.143. The largest absolute Gasteiger partial charge is 0.253 e. The Morgan fingerprint density at radius 1 is 1.22 bits per heavy atom. The van der Waals surface area contributed by atoms with Crippen LogP contribution in [0.1, 0.15) is 11.3 Å². The van der Waals surface area contributed by atoms with E-state index in [0.29, 0.717) is 16.5 Å². The van der Waals surface area contributed by atoms with Crippen molar-refractivity contribution < 1.29 is 0 Å². The molecule has 4 heteroatoms. The van der Waals surface area contributed by atoms with Gasteiger partial charge in [0.15, 0.2) is 0 Å². The molecule has 0 saturated carbocycles. The molecule has 2 rings (SSSR count). The number of hydrogen-bond acceptors (Lipinski definition) is 2. The molecular formula is C14H10Cl2N2. The molecule has 0 bridgehead atoms. The Labute approximate surface area is 116 Å². The standard InChI is InChI=1S/C14H10Cl2N2/c1-9-6-10(4-5-17)7-14(18-9)12-8-11(15)2-3-13(12)16/h2-3,6-8H,4H2,1H3. The van der Waals surface area contributed by atoms with Crippen molar-refractivity contribution in [1.82, 2.24) is 4.98 Å². The molecule has 1 heterocycles. The monoisotopic (exact) mass is 276 g/mol. The van der Waals surface area contributed by atoms with Gasteiger partial charge in [-0.2, -0.15) is 5.26 Å². The first kappa shape index (κ1) is 12.9. The van der Waals surface area contributed by atoms with E-state index in [-0.39, 0.29) is 0 Å². The van der Waals surface area contributed by atoms with Crippen LogP contribution >= 0.6 is 23.2 Å². The van der Waals surface area contributed by atoms with Crippen LogP contribution in [-0.2, 0) is 6.42 Å². The Morgan fingerprint density at radius 2 is 2.00 bits per heavy atom. The van der Waals surface area contributed by atoms with Gasteiger partial charge in [0.2, 0.25) is 0 Å². The van der Waals surface area contributed by atoms with Gasteiger partial charge in [-0.1, -0.05) is 23.2 Å². The Balaban J connectivity index is 2.56. The van der Waals surface area contributed by atoms with Crippen molar-refractivity contribution in [1.29, 1.82) is 5.26 Å². The van der Waals surface area contributed by atoms with Gasteiger partial charge in [-0.25, -0.2) is 0 Å². The first-order valence-corrected chi connectivity index (χ1v) is 6.15. The van der Waals surface area contributed by atoms with Gasteiger partial charge in [-0.05, 0) is 42.8 Å². The van der Waals surface area contributed by atoms with Crippen LogP contribution in [0.25, 0.3) is 11.3 Å². The van der Waals surface area contributed by atoms with Crippen molar-refractivity contribution in [3.05, 3.63) is 51.6 Å². The molecule has 1 aromatic carbocycles. The van der Waals surface area contributed by atoms with Gasteiger partial charge < -0.3 is 0 Å². The molecule has 0 atom stereocenters. The van der Waals surface area contributed by atoms with Crippen LogP contribution in [0.2, 0.25) is 10.0 Å². The number of halogens is 2. The highest BCUT2D eigenvalue weighted by Crippen LogP contribution is 2.30. The summed E-state index contributed by atoms with van der Waals surface area (Å²) in [6.07, 6.45) is 0.356. The quantitative estimate of drug-likeness (QED) is 0.814. The van der Waals surface area contributed by atoms with Crippen molar-refractivity contribution in [2.24, 2.45) is 0 Å². The summed E-state index contributed by atoms with van der Waals surface area (Å²) in [5, 5.41) is 9.96. The first-order chi connectivity index (χ1) is 8.60. The number of benzene rings is 1. The van der Waals surface area contributed by atoms with Crippen molar-refractivity contribution in [2.75, 3.05) is 0 Å². The van der Waals surface area contributed by atoms with E-state index in [0.717, 1.165) is 22.5 Å². The zero-order valence-electron chi connectivity index (χ0n) is 9.74. The maximum Gasteiger partial charge on any atom is 0.0723 e. The highest BCUT2D eigenvalue weighted by molar-refractivity contribution is 6.35. The average Bonchev–Trinajstić information content (AvgIpc) is 2.32. The van der Waals surface area contributed by atoms with Gasteiger partial charge >= 0.3 is 0 Å². The molecule has 0 aliphatic rings. The van der Waals surface area contributed by atoms with Crippen LogP contribution in [-0.4, -0.2) is 4.98 Å². The van der Waals surface area contributed by atoms with Crippen LogP contribution in [0.5, 0.6) is 0 Å². The Hall–Kier alpha value is -1.56. The smallest absolute Gasteiger partial charge is 0.0723 e. The molecule has 18 heavy (non-hydrogen) atoms. The fourth-order valence-corrected chi connectivity index (χ4v) is 2.15. The molecule has 0 spiro atoms. The van der Waals surface area contributed by atoms with Crippen molar-refractivity contribution in [3.63, 3.8) is 0 Å². The Morgan fingerprint density at radius 3 is 2.72 bits per heavy atom. The zero-order chi connectivity index (χ0) is 13.1. The Bertz CT molecular complexity index is 630. The Kier molecular flexibility index (Phi) is 3.86. The van der Waals surface area contributed by atoms with Crippen molar-refractivity contribution in [2.45, 2.75) is 13.3 Å². The predicted octanol–water partition coefficient (Wildman–Crippen LogP) is 4.43.